The van der Waals surface area contributed by atoms with E-state index in [0.29, 0.717) is 17.6 Å². The third-order valence-electron chi connectivity index (χ3n) is 3.95. The smallest absolute Gasteiger partial charge is 0.135 e. The molecular formula is C16H22O. The van der Waals surface area contributed by atoms with E-state index in [4.69, 9.17) is 0 Å². The SMILES string of the molecule is CCCC(=O)C1CCC(c2ccccc2)CC1. The zero-order chi connectivity index (χ0) is 12.1. The summed E-state index contributed by atoms with van der Waals surface area (Å²) in [6, 6.07) is 10.7. The first kappa shape index (κ1) is 12.3. The Labute approximate surface area is 104 Å². The Morgan fingerprint density at radius 2 is 1.76 bits per heavy atom. The lowest BCUT2D eigenvalue weighted by Crippen LogP contribution is -2.20. The van der Waals surface area contributed by atoms with Crippen LogP contribution in [-0.4, -0.2) is 5.78 Å². The van der Waals surface area contributed by atoms with Crippen LogP contribution < -0.4 is 0 Å². The summed E-state index contributed by atoms with van der Waals surface area (Å²) >= 11 is 0. The van der Waals surface area contributed by atoms with Crippen LogP contribution >= 0.6 is 0 Å². The number of ketones is 1. The van der Waals surface area contributed by atoms with Crippen molar-refractivity contribution in [3.63, 3.8) is 0 Å². The second-order valence-corrected chi connectivity index (χ2v) is 5.18. The van der Waals surface area contributed by atoms with Gasteiger partial charge >= 0.3 is 0 Å². The van der Waals surface area contributed by atoms with Crippen molar-refractivity contribution in [1.29, 1.82) is 0 Å². The summed E-state index contributed by atoms with van der Waals surface area (Å²) in [7, 11) is 0. The summed E-state index contributed by atoms with van der Waals surface area (Å²) < 4.78 is 0. The van der Waals surface area contributed by atoms with Gasteiger partial charge in [0.05, 0.1) is 0 Å². The van der Waals surface area contributed by atoms with Gasteiger partial charge in [0.1, 0.15) is 5.78 Å². The van der Waals surface area contributed by atoms with Crippen molar-refractivity contribution in [2.75, 3.05) is 0 Å². The molecule has 1 nitrogen and oxygen atoms in total. The molecule has 1 fully saturated rings. The molecule has 0 heterocycles. The van der Waals surface area contributed by atoms with Crippen molar-refractivity contribution in [2.45, 2.75) is 51.4 Å². The molecule has 1 aliphatic carbocycles. The van der Waals surface area contributed by atoms with E-state index in [-0.39, 0.29) is 0 Å². The van der Waals surface area contributed by atoms with Crippen molar-refractivity contribution >= 4 is 5.78 Å². The maximum absolute atomic E-state index is 11.8. The molecule has 1 aromatic carbocycles. The topological polar surface area (TPSA) is 17.1 Å². The first-order valence-electron chi connectivity index (χ1n) is 6.89. The molecule has 92 valence electrons. The molecule has 0 atom stereocenters. The average Bonchev–Trinajstić information content (AvgIpc) is 2.40. The molecule has 1 saturated carbocycles. The highest BCUT2D eigenvalue weighted by molar-refractivity contribution is 5.81. The van der Waals surface area contributed by atoms with Crippen LogP contribution in [0.5, 0.6) is 0 Å². The molecule has 1 aliphatic rings. The molecular weight excluding hydrogens is 208 g/mol. The predicted octanol–water partition coefficient (Wildman–Crippen LogP) is 4.33. The average molecular weight is 230 g/mol. The highest BCUT2D eigenvalue weighted by Crippen LogP contribution is 2.36. The summed E-state index contributed by atoms with van der Waals surface area (Å²) in [6.07, 6.45) is 6.34. The van der Waals surface area contributed by atoms with Crippen LogP contribution in [0.15, 0.2) is 30.3 Å². The summed E-state index contributed by atoms with van der Waals surface area (Å²) in [6.45, 7) is 2.09. The van der Waals surface area contributed by atoms with Gasteiger partial charge in [0.25, 0.3) is 0 Å². The number of rotatable bonds is 4. The molecule has 0 N–H and O–H groups in total. The second kappa shape index (κ2) is 6.00. The molecule has 1 aromatic rings. The van der Waals surface area contributed by atoms with Crippen molar-refractivity contribution in [3.8, 4) is 0 Å². The zero-order valence-corrected chi connectivity index (χ0v) is 10.7. The van der Waals surface area contributed by atoms with Gasteiger partial charge in [-0.15, -0.1) is 0 Å². The van der Waals surface area contributed by atoms with Crippen LogP contribution in [0, 0.1) is 5.92 Å². The van der Waals surface area contributed by atoms with E-state index in [9.17, 15) is 4.79 Å². The molecule has 0 unspecified atom stereocenters. The van der Waals surface area contributed by atoms with E-state index >= 15 is 0 Å². The van der Waals surface area contributed by atoms with E-state index < -0.39 is 0 Å². The number of hydrogen-bond donors (Lipinski definition) is 0. The van der Waals surface area contributed by atoms with Gasteiger partial charge in [0, 0.05) is 12.3 Å². The van der Waals surface area contributed by atoms with Gasteiger partial charge in [0.2, 0.25) is 0 Å². The van der Waals surface area contributed by atoms with E-state index in [2.05, 4.69) is 37.3 Å². The Morgan fingerprint density at radius 1 is 1.12 bits per heavy atom. The molecule has 0 saturated heterocycles. The fraction of sp³-hybridized carbons (Fsp3) is 0.562. The molecule has 0 amide bonds. The van der Waals surface area contributed by atoms with E-state index in [0.717, 1.165) is 25.7 Å². The highest BCUT2D eigenvalue weighted by atomic mass is 16.1. The second-order valence-electron chi connectivity index (χ2n) is 5.18. The number of Topliss-reactive ketones (excluding diaryl/α,β-unsaturated/α-hetero) is 1. The monoisotopic (exact) mass is 230 g/mol. The molecule has 0 aromatic heterocycles. The first-order valence-corrected chi connectivity index (χ1v) is 6.89. The standard InChI is InChI=1S/C16H22O/c1-2-6-16(17)15-11-9-14(10-12-15)13-7-4-3-5-8-13/h3-5,7-8,14-15H,2,6,9-12H2,1H3. The quantitative estimate of drug-likeness (QED) is 0.752. The lowest BCUT2D eigenvalue weighted by atomic mass is 9.76. The highest BCUT2D eigenvalue weighted by Gasteiger charge is 2.26. The Bertz CT molecular complexity index is 347. The maximum atomic E-state index is 11.8. The third kappa shape index (κ3) is 3.18. The van der Waals surface area contributed by atoms with Crippen LogP contribution in [0.3, 0.4) is 0 Å². The summed E-state index contributed by atoms with van der Waals surface area (Å²) in [4.78, 5) is 11.8. The van der Waals surface area contributed by atoms with Gasteiger partial charge < -0.3 is 0 Å². The van der Waals surface area contributed by atoms with E-state index in [1.54, 1.807) is 0 Å². The van der Waals surface area contributed by atoms with Crippen molar-refractivity contribution in [1.82, 2.24) is 0 Å². The Kier molecular flexibility index (Phi) is 4.36. The minimum atomic E-state index is 0.356. The number of carbonyl (C=O) groups is 1. The zero-order valence-electron chi connectivity index (χ0n) is 10.7. The largest absolute Gasteiger partial charge is 0.299 e. The van der Waals surface area contributed by atoms with Crippen molar-refractivity contribution in [2.24, 2.45) is 5.92 Å². The molecule has 0 aliphatic heterocycles. The minimum absolute atomic E-state index is 0.356. The van der Waals surface area contributed by atoms with Crippen LogP contribution in [0.2, 0.25) is 0 Å². The summed E-state index contributed by atoms with van der Waals surface area (Å²) in [5.74, 6) is 1.54. The van der Waals surface area contributed by atoms with Gasteiger partial charge in [-0.05, 0) is 43.6 Å². The Balaban J connectivity index is 1.88. The first-order chi connectivity index (χ1) is 8.31. The number of hydrogen-bond acceptors (Lipinski definition) is 1. The van der Waals surface area contributed by atoms with E-state index in [1.165, 1.54) is 18.4 Å². The van der Waals surface area contributed by atoms with Gasteiger partial charge in [-0.25, -0.2) is 0 Å². The molecule has 0 bridgehead atoms. The summed E-state index contributed by atoms with van der Waals surface area (Å²) in [5.41, 5.74) is 1.45. The van der Waals surface area contributed by atoms with Crippen LogP contribution in [0.4, 0.5) is 0 Å². The van der Waals surface area contributed by atoms with Gasteiger partial charge in [-0.2, -0.15) is 0 Å². The fourth-order valence-electron chi connectivity index (χ4n) is 2.92. The van der Waals surface area contributed by atoms with E-state index in [1.807, 2.05) is 0 Å². The molecule has 0 radical (unpaired) electrons. The van der Waals surface area contributed by atoms with Crippen LogP contribution in [-0.2, 0) is 4.79 Å². The Morgan fingerprint density at radius 3 is 2.35 bits per heavy atom. The van der Waals surface area contributed by atoms with Crippen LogP contribution in [0.1, 0.15) is 56.9 Å². The molecule has 0 spiro atoms. The minimum Gasteiger partial charge on any atom is -0.299 e. The molecule has 2 rings (SSSR count). The van der Waals surface area contributed by atoms with Crippen LogP contribution in [0.25, 0.3) is 0 Å². The van der Waals surface area contributed by atoms with Gasteiger partial charge in [-0.1, -0.05) is 37.3 Å². The normalized spacial score (nSPS) is 24.5. The predicted molar refractivity (Wildman–Crippen MR) is 71.1 cm³/mol. The fourth-order valence-corrected chi connectivity index (χ4v) is 2.92. The van der Waals surface area contributed by atoms with Crippen molar-refractivity contribution < 1.29 is 4.79 Å². The number of benzene rings is 1. The lowest BCUT2D eigenvalue weighted by molar-refractivity contribution is -0.123. The Hall–Kier alpha value is -1.11. The molecule has 1 heteroatoms. The maximum Gasteiger partial charge on any atom is 0.135 e. The number of carbonyl (C=O) groups excluding carboxylic acids is 1. The van der Waals surface area contributed by atoms with Gasteiger partial charge in [-0.3, -0.25) is 4.79 Å². The summed E-state index contributed by atoms with van der Waals surface area (Å²) in [5, 5.41) is 0. The lowest BCUT2D eigenvalue weighted by Gasteiger charge is -2.27. The third-order valence-corrected chi connectivity index (χ3v) is 3.95. The van der Waals surface area contributed by atoms with Gasteiger partial charge in [0.15, 0.2) is 0 Å². The molecule has 17 heavy (non-hydrogen) atoms. The van der Waals surface area contributed by atoms with Crippen molar-refractivity contribution in [3.05, 3.63) is 35.9 Å².